The molecule has 0 saturated carbocycles. The summed E-state index contributed by atoms with van der Waals surface area (Å²) in [6.07, 6.45) is 0. The van der Waals surface area contributed by atoms with Gasteiger partial charge in [-0.15, -0.1) is 10.2 Å². The minimum Gasteiger partial charge on any atom is -0.506 e. The summed E-state index contributed by atoms with van der Waals surface area (Å²) in [5, 5.41) is 30.7. The van der Waals surface area contributed by atoms with Gasteiger partial charge in [-0.1, -0.05) is 54.6 Å². The number of fused-ring (bicyclic) bond motifs is 2. The van der Waals surface area contributed by atoms with Crippen LogP contribution in [0, 0.1) is 0 Å². The summed E-state index contributed by atoms with van der Waals surface area (Å²) in [4.78, 5) is -0.424. The van der Waals surface area contributed by atoms with Crippen LogP contribution in [0.25, 0.3) is 21.5 Å². The van der Waals surface area contributed by atoms with E-state index in [2.05, 4.69) is 10.2 Å². The third-order valence-corrected chi connectivity index (χ3v) is 5.26. The van der Waals surface area contributed by atoms with Gasteiger partial charge in [0.15, 0.2) is 0 Å². The van der Waals surface area contributed by atoms with E-state index in [0.29, 0.717) is 10.8 Å². The fraction of sp³-hybridized carbons (Fsp3) is 0. The average Bonchev–Trinajstić information content (AvgIpc) is 2.67. The van der Waals surface area contributed by atoms with Crippen LogP contribution >= 0.6 is 0 Å². The monoisotopic (exact) mass is 492 g/mol. The molecule has 4 aromatic rings. The van der Waals surface area contributed by atoms with E-state index in [1.807, 2.05) is 12.1 Å². The second-order valence-corrected chi connectivity index (χ2v) is 7.51. The molecule has 3 N–H and O–H groups in total. The molecule has 7 nitrogen and oxygen atoms in total. The van der Waals surface area contributed by atoms with Crippen molar-refractivity contribution < 1.29 is 99.7 Å². The Morgan fingerprint density at radius 2 is 1.19 bits per heavy atom. The summed E-state index contributed by atoms with van der Waals surface area (Å²) < 4.78 is 32.7. The van der Waals surface area contributed by atoms with Crippen molar-refractivity contribution in [2.45, 2.75) is 4.90 Å². The maximum Gasteiger partial charge on any atom is 3.00 e. The minimum atomic E-state index is -4.54. The van der Waals surface area contributed by atoms with Crippen molar-refractivity contribution in [3.63, 3.8) is 0 Å². The molecule has 11 heteroatoms. The zero-order chi connectivity index (χ0) is 19.9. The quantitative estimate of drug-likeness (QED) is 0.194. The Hall–Kier alpha value is -0.958. The molecule has 0 atom stereocenters. The van der Waals surface area contributed by atoms with Gasteiger partial charge in [0.1, 0.15) is 27.8 Å². The van der Waals surface area contributed by atoms with E-state index in [0.717, 1.165) is 11.5 Å². The molecule has 0 spiro atoms. The van der Waals surface area contributed by atoms with Crippen LogP contribution in [0.15, 0.2) is 81.9 Å². The number of aromatic hydroxyl groups is 2. The first-order chi connectivity index (χ1) is 13.4. The Morgan fingerprint density at radius 3 is 1.81 bits per heavy atom. The largest absolute Gasteiger partial charge is 3.00 e. The first kappa shape index (κ1) is 28.1. The first-order valence-corrected chi connectivity index (χ1v) is 9.65. The molecular weight excluding hydrogens is 478 g/mol. The van der Waals surface area contributed by atoms with Crippen LogP contribution in [0.2, 0.25) is 0 Å². The molecule has 4 rings (SSSR count). The van der Waals surface area contributed by atoms with E-state index >= 15 is 0 Å². The van der Waals surface area contributed by atoms with Crippen molar-refractivity contribution in [1.82, 2.24) is 0 Å². The van der Waals surface area contributed by atoms with Gasteiger partial charge in [0.05, 0.1) is 0 Å². The second kappa shape index (κ2) is 11.3. The van der Waals surface area contributed by atoms with Crippen LogP contribution in [0.5, 0.6) is 11.5 Å². The third kappa shape index (κ3) is 5.70. The SMILES string of the molecule is O=S(=O)(O)c1cc(O)c(N=Nc2c(O)ccc3ccccc23)c2ccccc12.[Cr+3].[Na+].[Na+]. The Morgan fingerprint density at radius 1 is 0.677 bits per heavy atom. The molecule has 0 fully saturated rings. The summed E-state index contributed by atoms with van der Waals surface area (Å²) in [7, 11) is -4.54. The zero-order valence-electron chi connectivity index (χ0n) is 16.7. The molecule has 0 saturated heterocycles. The van der Waals surface area contributed by atoms with Gasteiger partial charge in [0, 0.05) is 22.2 Å². The number of phenolic OH excluding ortho intramolecular Hbond substituents is 2. The number of phenols is 2. The summed E-state index contributed by atoms with van der Waals surface area (Å²) in [5.74, 6) is -0.546. The van der Waals surface area contributed by atoms with Gasteiger partial charge < -0.3 is 10.2 Å². The number of azo groups is 1. The predicted molar refractivity (Wildman–Crippen MR) is 105 cm³/mol. The Balaban J connectivity index is 0.00000160. The van der Waals surface area contributed by atoms with Gasteiger partial charge in [0.2, 0.25) is 0 Å². The molecule has 1 radical (unpaired) electrons. The Kier molecular flexibility index (Phi) is 10.2. The molecule has 0 bridgehead atoms. The van der Waals surface area contributed by atoms with E-state index in [-0.39, 0.29) is 99.0 Å². The molecule has 0 aliphatic rings. The van der Waals surface area contributed by atoms with Crippen molar-refractivity contribution in [1.29, 1.82) is 0 Å². The number of benzene rings is 4. The van der Waals surface area contributed by atoms with E-state index in [9.17, 15) is 23.2 Å². The number of hydrogen-bond donors (Lipinski definition) is 3. The molecule has 31 heavy (non-hydrogen) atoms. The van der Waals surface area contributed by atoms with Crippen LogP contribution in [0.4, 0.5) is 11.4 Å². The summed E-state index contributed by atoms with van der Waals surface area (Å²) in [6, 6.07) is 17.8. The molecule has 0 heterocycles. The average molecular weight is 492 g/mol. The van der Waals surface area contributed by atoms with Crippen molar-refractivity contribution in [2.24, 2.45) is 10.2 Å². The standard InChI is InChI=1S/C20H14N2O5S.Cr.2Na/c23-16-10-9-12-5-1-2-6-13(12)19(16)21-22-20-15-8-4-3-7-14(15)18(11-17(20)24)28(25,26)27;;;/h1-11,23-24H,(H,25,26,27);;;/q;+3;2*+1. The summed E-state index contributed by atoms with van der Waals surface area (Å²) >= 11 is 0. The van der Waals surface area contributed by atoms with Crippen molar-refractivity contribution in [3.8, 4) is 11.5 Å². The molecule has 0 aliphatic heterocycles. The van der Waals surface area contributed by atoms with Gasteiger partial charge in [-0.3, -0.25) is 4.55 Å². The minimum absolute atomic E-state index is 0. The molecule has 0 aliphatic carbocycles. The summed E-state index contributed by atoms with van der Waals surface area (Å²) in [5.41, 5.74) is 0.246. The molecule has 0 amide bonds. The first-order valence-electron chi connectivity index (χ1n) is 8.21. The maximum atomic E-state index is 11.6. The molecule has 4 aromatic carbocycles. The van der Waals surface area contributed by atoms with E-state index in [4.69, 9.17) is 0 Å². The normalized spacial score (nSPS) is 11.0. The van der Waals surface area contributed by atoms with Crippen LogP contribution in [0.1, 0.15) is 0 Å². The second-order valence-electron chi connectivity index (χ2n) is 6.12. The van der Waals surface area contributed by atoms with Crippen molar-refractivity contribution >= 4 is 43.0 Å². The smallest absolute Gasteiger partial charge is 0.506 e. The zero-order valence-corrected chi connectivity index (χ0v) is 22.8. The topological polar surface area (TPSA) is 120 Å². The number of nitrogens with zero attached hydrogens (tertiary/aromatic N) is 2. The van der Waals surface area contributed by atoms with E-state index in [1.54, 1.807) is 36.4 Å². The third-order valence-electron chi connectivity index (χ3n) is 4.37. The van der Waals surface area contributed by atoms with Gasteiger partial charge in [-0.05, 0) is 11.5 Å². The number of rotatable bonds is 3. The predicted octanol–water partition coefficient (Wildman–Crippen LogP) is -0.928. The van der Waals surface area contributed by atoms with Crippen LogP contribution in [-0.2, 0) is 27.5 Å². The van der Waals surface area contributed by atoms with Gasteiger partial charge in [-0.25, -0.2) is 0 Å². The van der Waals surface area contributed by atoms with Crippen LogP contribution < -0.4 is 59.1 Å². The van der Waals surface area contributed by atoms with Crippen molar-refractivity contribution in [2.75, 3.05) is 0 Å². The molecular formula is C20H14CrN2Na2O5S+5. The van der Waals surface area contributed by atoms with Gasteiger partial charge in [0.25, 0.3) is 10.1 Å². The fourth-order valence-electron chi connectivity index (χ4n) is 3.08. The van der Waals surface area contributed by atoms with E-state index in [1.165, 1.54) is 12.1 Å². The fourth-order valence-corrected chi connectivity index (χ4v) is 3.80. The van der Waals surface area contributed by atoms with E-state index < -0.39 is 20.8 Å². The van der Waals surface area contributed by atoms with Gasteiger partial charge in [-0.2, -0.15) is 8.42 Å². The number of hydrogen-bond acceptors (Lipinski definition) is 6. The maximum absolute atomic E-state index is 11.6. The van der Waals surface area contributed by atoms with Crippen LogP contribution in [-0.4, -0.2) is 23.2 Å². The Bertz CT molecular complexity index is 1380. The molecule has 143 valence electrons. The summed E-state index contributed by atoms with van der Waals surface area (Å²) in [6.45, 7) is 0. The van der Waals surface area contributed by atoms with Crippen LogP contribution in [0.3, 0.4) is 0 Å². The van der Waals surface area contributed by atoms with Gasteiger partial charge >= 0.3 is 76.5 Å². The molecule has 0 aromatic heterocycles. The molecule has 0 unspecified atom stereocenters. The van der Waals surface area contributed by atoms with Crippen molar-refractivity contribution in [3.05, 3.63) is 66.7 Å². The Labute approximate surface area is 233 Å².